The van der Waals surface area contributed by atoms with Crippen LogP contribution in [0.25, 0.3) is 0 Å². The molecular formula is C9H16N. The molecule has 0 saturated heterocycles. The summed E-state index contributed by atoms with van der Waals surface area (Å²) in [7, 11) is 0. The Labute approximate surface area is 63.3 Å². The molecule has 1 fully saturated rings. The van der Waals surface area contributed by atoms with E-state index in [1.165, 1.54) is 12.8 Å². The minimum atomic E-state index is 0.422. The normalized spacial score (nSPS) is 17.9. The van der Waals surface area contributed by atoms with Crippen LogP contribution in [-0.4, -0.2) is 5.71 Å². The summed E-state index contributed by atoms with van der Waals surface area (Å²) in [6.07, 6.45) is 4.65. The monoisotopic (exact) mass is 138 g/mol. The van der Waals surface area contributed by atoms with Gasteiger partial charge in [-0.05, 0) is 37.5 Å². The minimum absolute atomic E-state index is 0.422. The first-order valence-electron chi connectivity index (χ1n) is 4.08. The highest BCUT2D eigenvalue weighted by Crippen LogP contribution is 2.33. The maximum Gasteiger partial charge on any atom is 0.00945 e. The first-order chi connectivity index (χ1) is 4.68. The Morgan fingerprint density at radius 3 is 2.70 bits per heavy atom. The second-order valence-corrected chi connectivity index (χ2v) is 3.56. The Hall–Kier alpha value is -0.330. The summed E-state index contributed by atoms with van der Waals surface area (Å²) < 4.78 is 0. The van der Waals surface area contributed by atoms with E-state index in [-0.39, 0.29) is 0 Å². The summed E-state index contributed by atoms with van der Waals surface area (Å²) >= 11 is 0. The van der Waals surface area contributed by atoms with Gasteiger partial charge in [-0.25, -0.2) is 0 Å². The van der Waals surface area contributed by atoms with E-state index in [1.807, 2.05) is 0 Å². The van der Waals surface area contributed by atoms with Gasteiger partial charge in [0.25, 0.3) is 0 Å². The predicted octanol–water partition coefficient (Wildman–Crippen LogP) is 2.67. The number of nitrogens with one attached hydrogen (secondary N) is 1. The van der Waals surface area contributed by atoms with Crippen LogP contribution >= 0.6 is 0 Å². The van der Waals surface area contributed by atoms with Crippen LogP contribution in [0.15, 0.2) is 0 Å². The van der Waals surface area contributed by atoms with Crippen LogP contribution in [0, 0.1) is 24.2 Å². The third-order valence-corrected chi connectivity index (χ3v) is 1.83. The van der Waals surface area contributed by atoms with Gasteiger partial charge in [-0.1, -0.05) is 13.8 Å². The molecule has 0 amide bonds. The van der Waals surface area contributed by atoms with Gasteiger partial charge in [0.2, 0.25) is 0 Å². The lowest BCUT2D eigenvalue weighted by Crippen LogP contribution is -2.02. The molecule has 0 spiro atoms. The van der Waals surface area contributed by atoms with Crippen molar-refractivity contribution in [1.82, 2.24) is 0 Å². The van der Waals surface area contributed by atoms with E-state index in [9.17, 15) is 0 Å². The van der Waals surface area contributed by atoms with Gasteiger partial charge in [-0.15, -0.1) is 0 Å². The Morgan fingerprint density at radius 2 is 2.30 bits per heavy atom. The lowest BCUT2D eigenvalue weighted by atomic mass is 10.0. The minimum Gasteiger partial charge on any atom is -0.310 e. The summed E-state index contributed by atoms with van der Waals surface area (Å²) in [6.45, 7) is 5.94. The SMILES string of the molecule is [CH2]C(C)CC(=N)CC1CC1. The highest BCUT2D eigenvalue weighted by molar-refractivity contribution is 5.82. The number of rotatable bonds is 4. The van der Waals surface area contributed by atoms with Crippen molar-refractivity contribution in [3.05, 3.63) is 6.92 Å². The standard InChI is InChI=1S/C9H16N/c1-7(2)5-9(10)6-8-3-4-8/h7-8,10H,1,3-6H2,2H3. The molecule has 1 heteroatoms. The molecule has 1 atom stereocenters. The van der Waals surface area contributed by atoms with Crippen molar-refractivity contribution in [3.8, 4) is 0 Å². The van der Waals surface area contributed by atoms with E-state index >= 15 is 0 Å². The summed E-state index contributed by atoms with van der Waals surface area (Å²) in [5, 5.41) is 7.55. The molecule has 1 N–H and O–H groups in total. The van der Waals surface area contributed by atoms with Crippen molar-refractivity contribution in [1.29, 1.82) is 5.41 Å². The summed E-state index contributed by atoms with van der Waals surface area (Å²) in [5.41, 5.74) is 0.907. The molecular weight excluding hydrogens is 122 g/mol. The average molecular weight is 138 g/mol. The Balaban J connectivity index is 2.08. The molecule has 0 aliphatic heterocycles. The van der Waals surface area contributed by atoms with Crippen molar-refractivity contribution < 1.29 is 0 Å². The zero-order valence-electron chi connectivity index (χ0n) is 6.69. The maximum atomic E-state index is 7.55. The fraction of sp³-hybridized carbons (Fsp3) is 0.778. The van der Waals surface area contributed by atoms with Crippen LogP contribution in [0.3, 0.4) is 0 Å². The van der Waals surface area contributed by atoms with Gasteiger partial charge >= 0.3 is 0 Å². The second-order valence-electron chi connectivity index (χ2n) is 3.56. The predicted molar refractivity (Wildman–Crippen MR) is 44.2 cm³/mol. The lowest BCUT2D eigenvalue weighted by molar-refractivity contribution is 0.735. The molecule has 1 radical (unpaired) electrons. The van der Waals surface area contributed by atoms with E-state index in [0.29, 0.717) is 5.92 Å². The Bertz CT molecular complexity index is 117. The summed E-state index contributed by atoms with van der Waals surface area (Å²) in [4.78, 5) is 0. The molecule has 0 aromatic carbocycles. The van der Waals surface area contributed by atoms with Crippen molar-refractivity contribution in [3.63, 3.8) is 0 Å². The average Bonchev–Trinajstić information content (AvgIpc) is 2.46. The largest absolute Gasteiger partial charge is 0.310 e. The van der Waals surface area contributed by atoms with Crippen molar-refractivity contribution in [2.24, 2.45) is 11.8 Å². The van der Waals surface area contributed by atoms with Crippen molar-refractivity contribution in [2.75, 3.05) is 0 Å². The van der Waals surface area contributed by atoms with Gasteiger partial charge in [0.15, 0.2) is 0 Å². The molecule has 10 heavy (non-hydrogen) atoms. The van der Waals surface area contributed by atoms with Crippen LogP contribution in [0.2, 0.25) is 0 Å². The molecule has 57 valence electrons. The van der Waals surface area contributed by atoms with Crippen molar-refractivity contribution >= 4 is 5.71 Å². The molecule has 1 rings (SSSR count). The fourth-order valence-corrected chi connectivity index (χ4v) is 1.17. The molecule has 1 aliphatic carbocycles. The van der Waals surface area contributed by atoms with Gasteiger partial charge < -0.3 is 5.41 Å². The summed E-state index contributed by atoms with van der Waals surface area (Å²) in [5.74, 6) is 1.29. The first-order valence-corrected chi connectivity index (χ1v) is 4.08. The highest BCUT2D eigenvalue weighted by atomic mass is 14.4. The van der Waals surface area contributed by atoms with Gasteiger partial charge in [-0.3, -0.25) is 0 Å². The molecule has 0 aromatic rings. The van der Waals surface area contributed by atoms with Crippen LogP contribution < -0.4 is 0 Å². The van der Waals surface area contributed by atoms with E-state index < -0.39 is 0 Å². The Kier molecular flexibility index (Phi) is 2.47. The van der Waals surface area contributed by atoms with Crippen LogP contribution in [0.4, 0.5) is 0 Å². The highest BCUT2D eigenvalue weighted by Gasteiger charge is 2.22. The molecule has 1 aliphatic rings. The van der Waals surface area contributed by atoms with E-state index in [1.54, 1.807) is 0 Å². The van der Waals surface area contributed by atoms with Crippen molar-refractivity contribution in [2.45, 2.75) is 32.6 Å². The maximum absolute atomic E-state index is 7.55. The summed E-state index contributed by atoms with van der Waals surface area (Å²) in [6, 6.07) is 0. The topological polar surface area (TPSA) is 23.9 Å². The zero-order valence-corrected chi connectivity index (χ0v) is 6.69. The van der Waals surface area contributed by atoms with Crippen LogP contribution in [-0.2, 0) is 0 Å². The third kappa shape index (κ3) is 3.00. The molecule has 1 unspecified atom stereocenters. The molecule has 0 heterocycles. The Morgan fingerprint density at radius 1 is 1.70 bits per heavy atom. The van der Waals surface area contributed by atoms with Crippen LogP contribution in [0.5, 0.6) is 0 Å². The molecule has 1 saturated carbocycles. The van der Waals surface area contributed by atoms with Gasteiger partial charge in [0, 0.05) is 5.71 Å². The van der Waals surface area contributed by atoms with E-state index in [2.05, 4.69) is 13.8 Å². The van der Waals surface area contributed by atoms with Crippen LogP contribution in [0.1, 0.15) is 32.6 Å². The fourth-order valence-electron chi connectivity index (χ4n) is 1.17. The number of hydrogen-bond donors (Lipinski definition) is 1. The molecule has 1 nitrogen and oxygen atoms in total. The lowest BCUT2D eigenvalue weighted by Gasteiger charge is -2.04. The van der Waals surface area contributed by atoms with Gasteiger partial charge in [0.05, 0.1) is 0 Å². The second kappa shape index (κ2) is 3.18. The van der Waals surface area contributed by atoms with E-state index in [4.69, 9.17) is 5.41 Å². The van der Waals surface area contributed by atoms with E-state index in [0.717, 1.165) is 24.5 Å². The quantitative estimate of drug-likeness (QED) is 0.577. The first kappa shape index (κ1) is 7.77. The molecule has 0 aromatic heterocycles. The third-order valence-electron chi connectivity index (χ3n) is 1.83. The number of hydrogen-bond acceptors (Lipinski definition) is 1. The molecule has 0 bridgehead atoms. The van der Waals surface area contributed by atoms with Gasteiger partial charge in [-0.2, -0.15) is 0 Å². The zero-order chi connectivity index (χ0) is 7.56. The smallest absolute Gasteiger partial charge is 0.00945 e. The van der Waals surface area contributed by atoms with Gasteiger partial charge in [0.1, 0.15) is 0 Å².